The minimum Gasteiger partial charge on any atom is -0.346 e. The molecule has 1 aromatic carbocycles. The molecule has 0 spiro atoms. The van der Waals surface area contributed by atoms with Crippen molar-refractivity contribution in [2.45, 2.75) is 30.7 Å². The number of aromatic amines is 1. The quantitative estimate of drug-likeness (QED) is 0.472. The van der Waals surface area contributed by atoms with Gasteiger partial charge in [0.25, 0.3) is 0 Å². The molecule has 0 bridgehead atoms. The number of benzene rings is 1. The molecular formula is C21H28Cl3N4O3S2+. The topological polar surface area (TPSA) is 84.3 Å². The normalized spacial score (nSPS) is 16.3. The molecule has 12 heteroatoms. The number of aromatic nitrogens is 2. The van der Waals surface area contributed by atoms with Gasteiger partial charge in [0.05, 0.1) is 31.5 Å². The standard InChI is InChI=1S/C21H26ClN4O3S2.2ClH/c1-23-21-25(2)14-20(30-21)26(9-4-3-5-10-26)19(27)8-11-31(28,29)18-13-15-12-16(22)6-7-17(15)24-18;;/h6-7,12-14,24H,3-5,8-11H2,1-2H3;2*1H/q+1;;. The number of carbonyl (C=O) groups is 1. The number of thiazole rings is 1. The van der Waals surface area contributed by atoms with E-state index in [-0.39, 0.29) is 52.4 Å². The second kappa shape index (κ2) is 10.9. The van der Waals surface area contributed by atoms with E-state index >= 15 is 0 Å². The predicted octanol–water partition coefficient (Wildman–Crippen LogP) is 4.48. The molecule has 0 radical (unpaired) electrons. The van der Waals surface area contributed by atoms with E-state index in [0.29, 0.717) is 23.6 Å². The van der Waals surface area contributed by atoms with Gasteiger partial charge >= 0.3 is 5.91 Å². The summed E-state index contributed by atoms with van der Waals surface area (Å²) < 4.78 is 28.1. The number of likely N-dealkylation sites (tertiary alicyclic amines) is 1. The summed E-state index contributed by atoms with van der Waals surface area (Å²) in [6.07, 6.45) is 4.92. The number of nitrogens with zero attached hydrogens (tertiary/aromatic N) is 3. The molecule has 0 aliphatic carbocycles. The zero-order valence-electron chi connectivity index (χ0n) is 18.4. The molecule has 1 N–H and O–H groups in total. The third kappa shape index (κ3) is 5.49. The monoisotopic (exact) mass is 553 g/mol. The summed E-state index contributed by atoms with van der Waals surface area (Å²) in [7, 11) is 0.0157. The average molecular weight is 555 g/mol. The number of hydrogen-bond donors (Lipinski definition) is 1. The van der Waals surface area contributed by atoms with E-state index < -0.39 is 9.84 Å². The van der Waals surface area contributed by atoms with Gasteiger partial charge in [-0.15, -0.1) is 24.8 Å². The molecular weight excluding hydrogens is 527 g/mol. The van der Waals surface area contributed by atoms with E-state index in [9.17, 15) is 13.2 Å². The van der Waals surface area contributed by atoms with Gasteiger partial charge < -0.3 is 9.55 Å². The molecule has 1 amide bonds. The van der Waals surface area contributed by atoms with Crippen LogP contribution >= 0.6 is 47.8 Å². The van der Waals surface area contributed by atoms with Crippen molar-refractivity contribution in [3.8, 4) is 0 Å². The molecule has 182 valence electrons. The number of aryl methyl sites for hydroxylation is 1. The van der Waals surface area contributed by atoms with Crippen molar-refractivity contribution >= 4 is 79.4 Å². The van der Waals surface area contributed by atoms with Crippen LogP contribution in [0.15, 0.2) is 40.5 Å². The minimum absolute atomic E-state index is 0. The molecule has 1 fully saturated rings. The summed E-state index contributed by atoms with van der Waals surface area (Å²) in [4.78, 5) is 21.5. The Balaban J connectivity index is 0.00000193. The largest absolute Gasteiger partial charge is 0.346 e. The number of carbonyl (C=O) groups excluding carboxylic acids is 1. The van der Waals surface area contributed by atoms with Gasteiger partial charge in [-0.1, -0.05) is 11.6 Å². The van der Waals surface area contributed by atoms with Crippen LogP contribution in [-0.4, -0.2) is 49.8 Å². The van der Waals surface area contributed by atoms with Crippen molar-refractivity contribution in [3.05, 3.63) is 40.3 Å². The molecule has 7 nitrogen and oxygen atoms in total. The lowest BCUT2D eigenvalue weighted by Gasteiger charge is -2.36. The highest BCUT2D eigenvalue weighted by atomic mass is 35.5. The maximum Gasteiger partial charge on any atom is 0.320 e. The number of sulfone groups is 1. The number of amides is 1. The molecule has 4 rings (SSSR count). The first-order valence-electron chi connectivity index (χ1n) is 10.3. The van der Waals surface area contributed by atoms with E-state index in [2.05, 4.69) is 9.98 Å². The SMILES string of the molecule is CN=c1sc([N+]2(C(=O)CCS(=O)(=O)c3cc4cc(Cl)ccc4[nH]3)CCCCC2)cn1C.Cl.Cl. The number of H-pyrrole nitrogens is 1. The maximum atomic E-state index is 13.5. The van der Waals surface area contributed by atoms with Crippen LogP contribution in [-0.2, 0) is 21.7 Å². The van der Waals surface area contributed by atoms with Crippen molar-refractivity contribution in [1.82, 2.24) is 14.0 Å². The Labute approximate surface area is 214 Å². The zero-order chi connectivity index (χ0) is 22.2. The Hall–Kier alpha value is -1.36. The Morgan fingerprint density at radius 2 is 1.91 bits per heavy atom. The summed E-state index contributed by atoms with van der Waals surface area (Å²) in [5.41, 5.74) is 0.704. The first-order valence-corrected chi connectivity index (χ1v) is 13.1. The lowest BCUT2D eigenvalue weighted by atomic mass is 10.1. The summed E-state index contributed by atoms with van der Waals surface area (Å²) in [6, 6.07) is 6.77. The number of rotatable bonds is 5. The van der Waals surface area contributed by atoms with Crippen LogP contribution in [0.4, 0.5) is 5.00 Å². The van der Waals surface area contributed by atoms with Gasteiger partial charge in [0.1, 0.15) is 5.03 Å². The predicted molar refractivity (Wildman–Crippen MR) is 140 cm³/mol. The van der Waals surface area contributed by atoms with Crippen LogP contribution < -0.4 is 9.28 Å². The fraction of sp³-hybridized carbons (Fsp3) is 0.429. The molecule has 33 heavy (non-hydrogen) atoms. The third-order valence-electron chi connectivity index (χ3n) is 5.95. The Kier molecular flexibility index (Phi) is 9.23. The lowest BCUT2D eigenvalue weighted by Crippen LogP contribution is -2.57. The number of nitrogens with one attached hydrogen (secondary N) is 1. The second-order valence-electron chi connectivity index (χ2n) is 7.99. The van der Waals surface area contributed by atoms with Crippen molar-refractivity contribution < 1.29 is 13.2 Å². The van der Waals surface area contributed by atoms with Gasteiger partial charge in [0.15, 0.2) is 14.6 Å². The molecule has 2 aromatic heterocycles. The highest BCUT2D eigenvalue weighted by Gasteiger charge is 2.42. The van der Waals surface area contributed by atoms with Gasteiger partial charge in [0.2, 0.25) is 5.00 Å². The molecule has 1 saturated heterocycles. The molecule has 0 atom stereocenters. The van der Waals surface area contributed by atoms with E-state index in [4.69, 9.17) is 11.6 Å². The van der Waals surface area contributed by atoms with E-state index in [1.165, 1.54) is 11.3 Å². The van der Waals surface area contributed by atoms with Crippen LogP contribution in [0.2, 0.25) is 5.02 Å². The number of piperidine rings is 1. The Morgan fingerprint density at radius 1 is 1.21 bits per heavy atom. The number of hydrogen-bond acceptors (Lipinski definition) is 5. The maximum absolute atomic E-state index is 13.5. The summed E-state index contributed by atoms with van der Waals surface area (Å²) >= 11 is 7.52. The number of quaternary nitrogens is 1. The van der Waals surface area contributed by atoms with E-state index in [0.717, 1.165) is 34.5 Å². The van der Waals surface area contributed by atoms with Crippen molar-refractivity contribution in [2.75, 3.05) is 25.9 Å². The fourth-order valence-corrected chi connectivity index (χ4v) is 6.81. The molecule has 1 aliphatic heterocycles. The Morgan fingerprint density at radius 3 is 2.55 bits per heavy atom. The first kappa shape index (κ1) is 27.9. The van der Waals surface area contributed by atoms with Crippen molar-refractivity contribution in [3.63, 3.8) is 0 Å². The highest BCUT2D eigenvalue weighted by Crippen LogP contribution is 2.32. The fourth-order valence-electron chi connectivity index (χ4n) is 4.25. The summed E-state index contributed by atoms with van der Waals surface area (Å²) in [5, 5.41) is 2.34. The molecule has 0 unspecified atom stereocenters. The lowest BCUT2D eigenvalue weighted by molar-refractivity contribution is -0.130. The minimum atomic E-state index is -3.64. The van der Waals surface area contributed by atoms with E-state index in [1.807, 2.05) is 17.8 Å². The summed E-state index contributed by atoms with van der Waals surface area (Å²) in [5.74, 6) is -0.276. The third-order valence-corrected chi connectivity index (χ3v) is 9.13. The average Bonchev–Trinajstić information content (AvgIpc) is 3.36. The van der Waals surface area contributed by atoms with Crippen molar-refractivity contribution in [1.29, 1.82) is 0 Å². The van der Waals surface area contributed by atoms with Gasteiger partial charge in [-0.2, -0.15) is 0 Å². The first-order chi connectivity index (χ1) is 14.7. The zero-order valence-corrected chi connectivity index (χ0v) is 22.4. The molecule has 0 saturated carbocycles. The highest BCUT2D eigenvalue weighted by molar-refractivity contribution is 7.91. The van der Waals surface area contributed by atoms with Crippen LogP contribution in [0.5, 0.6) is 0 Å². The number of halogens is 3. The van der Waals surface area contributed by atoms with Crippen LogP contribution in [0.1, 0.15) is 25.7 Å². The van der Waals surface area contributed by atoms with Crippen LogP contribution in [0.25, 0.3) is 10.9 Å². The smallest absolute Gasteiger partial charge is 0.320 e. The van der Waals surface area contributed by atoms with Crippen LogP contribution in [0.3, 0.4) is 0 Å². The Bertz CT molecular complexity index is 1310. The van der Waals surface area contributed by atoms with Gasteiger partial charge in [-0.25, -0.2) is 17.7 Å². The second-order valence-corrected chi connectivity index (χ2v) is 11.5. The van der Waals surface area contributed by atoms with Crippen LogP contribution in [0, 0.1) is 0 Å². The van der Waals surface area contributed by atoms with Crippen molar-refractivity contribution in [2.24, 2.45) is 12.0 Å². The van der Waals surface area contributed by atoms with Gasteiger partial charge in [-0.3, -0.25) is 4.99 Å². The summed E-state index contributed by atoms with van der Waals surface area (Å²) in [6.45, 7) is 1.40. The number of fused-ring (bicyclic) bond motifs is 1. The molecule has 3 aromatic rings. The van der Waals surface area contributed by atoms with Gasteiger partial charge in [0, 0.05) is 30.0 Å². The van der Waals surface area contributed by atoms with E-state index in [1.54, 1.807) is 31.3 Å². The van der Waals surface area contributed by atoms with Gasteiger partial charge in [-0.05, 0) is 54.9 Å². The molecule has 1 aliphatic rings. The molecule has 3 heterocycles.